The van der Waals surface area contributed by atoms with Gasteiger partial charge in [0.2, 0.25) is 5.91 Å². The normalized spacial score (nSPS) is 12.7. The van der Waals surface area contributed by atoms with Gasteiger partial charge in [-0.25, -0.2) is 4.98 Å². The predicted octanol–water partition coefficient (Wildman–Crippen LogP) is 0.700. The maximum atomic E-state index is 11.9. The van der Waals surface area contributed by atoms with E-state index in [4.69, 9.17) is 5.73 Å². The molecule has 0 saturated carbocycles. The minimum atomic E-state index is -0.0774. The van der Waals surface area contributed by atoms with Crippen molar-refractivity contribution in [2.24, 2.45) is 24.6 Å². The van der Waals surface area contributed by atoms with E-state index in [1.807, 2.05) is 17.8 Å². The van der Waals surface area contributed by atoms with Crippen LogP contribution >= 0.6 is 0 Å². The minimum absolute atomic E-state index is 0.0559. The van der Waals surface area contributed by atoms with Crippen molar-refractivity contribution >= 4 is 5.91 Å². The molecule has 102 valence electrons. The average molecular weight is 252 g/mol. The van der Waals surface area contributed by atoms with E-state index in [9.17, 15) is 4.79 Å². The van der Waals surface area contributed by atoms with E-state index in [1.54, 1.807) is 6.20 Å². The molecule has 0 aliphatic carbocycles. The van der Waals surface area contributed by atoms with E-state index < -0.39 is 0 Å². The van der Waals surface area contributed by atoms with Crippen LogP contribution in [-0.2, 0) is 18.3 Å². The Morgan fingerprint density at radius 1 is 1.56 bits per heavy atom. The maximum Gasteiger partial charge on any atom is 0.224 e. The van der Waals surface area contributed by atoms with Crippen molar-refractivity contribution in [1.82, 2.24) is 14.9 Å². The summed E-state index contributed by atoms with van der Waals surface area (Å²) in [6.45, 7) is 5.22. The molecule has 0 fully saturated rings. The molecule has 5 nitrogen and oxygen atoms in total. The minimum Gasteiger partial charge on any atom is -0.355 e. The van der Waals surface area contributed by atoms with Gasteiger partial charge >= 0.3 is 0 Å². The molecule has 0 aliphatic heterocycles. The Hall–Kier alpha value is -1.36. The Labute approximate surface area is 109 Å². The van der Waals surface area contributed by atoms with Gasteiger partial charge in [0.25, 0.3) is 0 Å². The molecule has 3 N–H and O–H groups in total. The molecule has 1 rings (SSSR count). The Morgan fingerprint density at radius 2 is 2.28 bits per heavy atom. The smallest absolute Gasteiger partial charge is 0.224 e. The number of rotatable bonds is 7. The third kappa shape index (κ3) is 4.49. The van der Waals surface area contributed by atoms with Gasteiger partial charge < -0.3 is 15.6 Å². The summed E-state index contributed by atoms with van der Waals surface area (Å²) < 4.78 is 1.96. The quantitative estimate of drug-likeness (QED) is 0.750. The number of carbonyl (C=O) groups excluding carboxylic acids is 1. The van der Waals surface area contributed by atoms with Crippen LogP contribution in [0.15, 0.2) is 12.4 Å². The van der Waals surface area contributed by atoms with Crippen molar-refractivity contribution in [2.45, 2.75) is 26.7 Å². The van der Waals surface area contributed by atoms with Gasteiger partial charge in [-0.15, -0.1) is 0 Å². The van der Waals surface area contributed by atoms with Crippen LogP contribution in [0.5, 0.6) is 0 Å². The fourth-order valence-corrected chi connectivity index (χ4v) is 1.96. The third-order valence-electron chi connectivity index (χ3n) is 2.98. The third-order valence-corrected chi connectivity index (χ3v) is 2.98. The second-order valence-corrected chi connectivity index (χ2v) is 5.06. The molecule has 1 aromatic rings. The molecule has 1 unspecified atom stereocenters. The first kappa shape index (κ1) is 14.7. The van der Waals surface area contributed by atoms with Crippen LogP contribution in [0, 0.1) is 11.8 Å². The largest absolute Gasteiger partial charge is 0.355 e. The van der Waals surface area contributed by atoms with E-state index in [1.165, 1.54) is 0 Å². The highest BCUT2D eigenvalue weighted by Crippen LogP contribution is 2.10. The lowest BCUT2D eigenvalue weighted by atomic mass is 9.96. The van der Waals surface area contributed by atoms with Gasteiger partial charge in [0.15, 0.2) is 0 Å². The molecule has 1 amide bonds. The fourth-order valence-electron chi connectivity index (χ4n) is 1.96. The number of hydrogen-bond donors (Lipinski definition) is 2. The van der Waals surface area contributed by atoms with Gasteiger partial charge in [-0.3, -0.25) is 4.79 Å². The zero-order valence-electron chi connectivity index (χ0n) is 11.5. The van der Waals surface area contributed by atoms with Crippen LogP contribution in [0.3, 0.4) is 0 Å². The number of carbonyl (C=O) groups is 1. The maximum absolute atomic E-state index is 11.9. The summed E-state index contributed by atoms with van der Waals surface area (Å²) in [7, 11) is 1.95. The van der Waals surface area contributed by atoms with Crippen LogP contribution in [-0.4, -0.2) is 28.5 Å². The summed E-state index contributed by atoms with van der Waals surface area (Å²) in [6, 6.07) is 0. The van der Waals surface area contributed by atoms with Crippen molar-refractivity contribution in [3.05, 3.63) is 18.2 Å². The Bertz CT molecular complexity index is 373. The molecule has 0 radical (unpaired) electrons. The number of aromatic nitrogens is 2. The average Bonchev–Trinajstić information content (AvgIpc) is 2.71. The SMILES string of the molecule is CC(C)CC(CN)C(=O)NCCc1nccn1C. The van der Waals surface area contributed by atoms with Crippen molar-refractivity contribution in [3.8, 4) is 0 Å². The highest BCUT2D eigenvalue weighted by molar-refractivity contribution is 5.78. The van der Waals surface area contributed by atoms with Crippen LogP contribution < -0.4 is 11.1 Å². The lowest BCUT2D eigenvalue weighted by molar-refractivity contribution is -0.125. The van der Waals surface area contributed by atoms with Gasteiger partial charge in [-0.05, 0) is 12.3 Å². The number of imidazole rings is 1. The lowest BCUT2D eigenvalue weighted by Crippen LogP contribution is -2.37. The number of nitrogens with two attached hydrogens (primary N) is 1. The second kappa shape index (κ2) is 7.16. The van der Waals surface area contributed by atoms with Crippen molar-refractivity contribution < 1.29 is 4.79 Å². The molecular weight excluding hydrogens is 228 g/mol. The standard InChI is InChI=1S/C13H24N4O/c1-10(2)8-11(9-14)13(18)16-5-4-12-15-6-7-17(12)3/h6-7,10-11H,4-5,8-9,14H2,1-3H3,(H,16,18). The van der Waals surface area contributed by atoms with E-state index in [0.29, 0.717) is 19.0 Å². The monoisotopic (exact) mass is 252 g/mol. The second-order valence-electron chi connectivity index (χ2n) is 5.06. The van der Waals surface area contributed by atoms with Crippen molar-refractivity contribution in [3.63, 3.8) is 0 Å². The highest BCUT2D eigenvalue weighted by Gasteiger charge is 2.17. The molecule has 0 saturated heterocycles. The molecule has 0 spiro atoms. The summed E-state index contributed by atoms with van der Waals surface area (Å²) in [6.07, 6.45) is 5.25. The first-order chi connectivity index (χ1) is 8.54. The summed E-state index contributed by atoms with van der Waals surface area (Å²) >= 11 is 0. The molecule has 1 aromatic heterocycles. The van der Waals surface area contributed by atoms with Gasteiger partial charge in [-0.1, -0.05) is 13.8 Å². The summed E-state index contributed by atoms with van der Waals surface area (Å²) in [5, 5.41) is 2.93. The topological polar surface area (TPSA) is 72.9 Å². The first-order valence-corrected chi connectivity index (χ1v) is 6.48. The Kier molecular flexibility index (Phi) is 5.85. The van der Waals surface area contributed by atoms with E-state index >= 15 is 0 Å². The lowest BCUT2D eigenvalue weighted by Gasteiger charge is -2.16. The van der Waals surface area contributed by atoms with E-state index in [-0.39, 0.29) is 11.8 Å². The summed E-state index contributed by atoms with van der Waals surface area (Å²) in [5.41, 5.74) is 5.64. The van der Waals surface area contributed by atoms with Gasteiger partial charge in [0, 0.05) is 39.0 Å². The van der Waals surface area contributed by atoms with Gasteiger partial charge in [0.05, 0.1) is 5.92 Å². The Balaban J connectivity index is 2.34. The number of hydrogen-bond acceptors (Lipinski definition) is 3. The number of nitrogens with one attached hydrogen (secondary N) is 1. The molecule has 0 bridgehead atoms. The fraction of sp³-hybridized carbons (Fsp3) is 0.692. The molecule has 0 aromatic carbocycles. The summed E-state index contributed by atoms with van der Waals surface area (Å²) in [4.78, 5) is 16.1. The van der Waals surface area contributed by atoms with E-state index in [2.05, 4.69) is 24.1 Å². The van der Waals surface area contributed by atoms with Gasteiger partial charge in [-0.2, -0.15) is 0 Å². The highest BCUT2D eigenvalue weighted by atomic mass is 16.1. The number of amides is 1. The summed E-state index contributed by atoms with van der Waals surface area (Å²) in [5.74, 6) is 1.44. The molecule has 0 aliphatic rings. The van der Waals surface area contributed by atoms with E-state index in [0.717, 1.165) is 18.7 Å². The Morgan fingerprint density at radius 3 is 2.78 bits per heavy atom. The molecule has 18 heavy (non-hydrogen) atoms. The van der Waals surface area contributed by atoms with Gasteiger partial charge in [0.1, 0.15) is 5.82 Å². The van der Waals surface area contributed by atoms with Crippen LogP contribution in [0.2, 0.25) is 0 Å². The molecule has 1 atom stereocenters. The first-order valence-electron chi connectivity index (χ1n) is 6.48. The molecule has 1 heterocycles. The number of nitrogens with zero attached hydrogens (tertiary/aromatic N) is 2. The van der Waals surface area contributed by atoms with Crippen LogP contribution in [0.25, 0.3) is 0 Å². The zero-order chi connectivity index (χ0) is 13.5. The number of aryl methyl sites for hydroxylation is 1. The van der Waals surface area contributed by atoms with Crippen LogP contribution in [0.1, 0.15) is 26.1 Å². The molecular formula is C13H24N4O. The van der Waals surface area contributed by atoms with Crippen LogP contribution in [0.4, 0.5) is 0 Å². The van der Waals surface area contributed by atoms with Crippen molar-refractivity contribution in [2.75, 3.05) is 13.1 Å². The predicted molar refractivity (Wildman–Crippen MR) is 71.9 cm³/mol. The zero-order valence-corrected chi connectivity index (χ0v) is 11.5. The molecule has 5 heteroatoms. The van der Waals surface area contributed by atoms with Crippen molar-refractivity contribution in [1.29, 1.82) is 0 Å².